The van der Waals surface area contributed by atoms with Crippen molar-refractivity contribution in [1.29, 1.82) is 0 Å². The number of para-hydroxylation sites is 1. The van der Waals surface area contributed by atoms with Gasteiger partial charge in [0.2, 0.25) is 11.8 Å². The second-order valence-corrected chi connectivity index (χ2v) is 11.4. The lowest BCUT2D eigenvalue weighted by Gasteiger charge is -2.26. The lowest BCUT2D eigenvalue weighted by Crippen LogP contribution is -2.56. The van der Waals surface area contributed by atoms with Gasteiger partial charge in [-0.05, 0) is 49.4 Å². The van der Waals surface area contributed by atoms with Crippen molar-refractivity contribution in [1.82, 2.24) is 16.0 Å². The SMILES string of the molecule is CC[C@H](NC(=O)COc1ccc2c(c1)Nc1ccccc1S2)C(=O)NC(=O)[C@H](CC(C)C)N[C@H]1CCOC1OC. The van der Waals surface area contributed by atoms with E-state index in [1.807, 2.05) is 50.2 Å². The van der Waals surface area contributed by atoms with Crippen molar-refractivity contribution in [3.63, 3.8) is 0 Å². The summed E-state index contributed by atoms with van der Waals surface area (Å²) in [5.74, 6) is -0.710. The van der Waals surface area contributed by atoms with Crippen LogP contribution in [0.5, 0.6) is 5.75 Å². The fourth-order valence-corrected chi connectivity index (χ4v) is 5.65. The average molecular weight is 571 g/mol. The van der Waals surface area contributed by atoms with Crippen LogP contribution in [0.3, 0.4) is 0 Å². The number of anilines is 2. The number of imide groups is 1. The van der Waals surface area contributed by atoms with Gasteiger partial charge in [0.15, 0.2) is 12.9 Å². The van der Waals surface area contributed by atoms with E-state index in [0.717, 1.165) is 21.2 Å². The standard InChI is InChI=1S/C29H38N4O6S/c1-5-19(27(35)33-28(36)23(14-17(2)3)31-21-12-13-38-29(21)37-4)32-26(34)16-39-18-10-11-25-22(15-18)30-20-8-6-7-9-24(20)40-25/h6-11,15,17,19,21,23,29-31H,5,12-14,16H2,1-4H3,(H,32,34)(H,33,35,36)/t19-,21-,23-,29?/m0/s1. The normalized spacial score (nSPS) is 19.1. The minimum Gasteiger partial charge on any atom is -0.484 e. The number of benzene rings is 2. The number of hydrogen-bond donors (Lipinski definition) is 4. The van der Waals surface area contributed by atoms with Crippen LogP contribution in [0.4, 0.5) is 11.4 Å². The molecule has 0 bridgehead atoms. The van der Waals surface area contributed by atoms with Crippen molar-refractivity contribution in [2.75, 3.05) is 25.6 Å². The maximum atomic E-state index is 13.1. The molecule has 4 atom stereocenters. The highest BCUT2D eigenvalue weighted by molar-refractivity contribution is 7.99. The van der Waals surface area contributed by atoms with Gasteiger partial charge in [-0.1, -0.05) is 44.7 Å². The highest BCUT2D eigenvalue weighted by Crippen LogP contribution is 2.44. The van der Waals surface area contributed by atoms with Crippen LogP contribution in [-0.4, -0.2) is 62.5 Å². The predicted molar refractivity (Wildman–Crippen MR) is 153 cm³/mol. The fraction of sp³-hybridized carbons (Fsp3) is 0.483. The molecule has 0 aromatic heterocycles. The molecule has 1 saturated heterocycles. The zero-order valence-corrected chi connectivity index (χ0v) is 24.1. The first-order chi connectivity index (χ1) is 19.3. The Morgan fingerprint density at radius 2 is 1.82 bits per heavy atom. The molecule has 2 aliphatic rings. The van der Waals surface area contributed by atoms with Gasteiger partial charge >= 0.3 is 0 Å². The van der Waals surface area contributed by atoms with Crippen LogP contribution in [0.1, 0.15) is 40.0 Å². The number of hydrogen-bond acceptors (Lipinski definition) is 9. The maximum Gasteiger partial charge on any atom is 0.258 e. The van der Waals surface area contributed by atoms with Gasteiger partial charge in [0.1, 0.15) is 11.8 Å². The Balaban J connectivity index is 1.29. The lowest BCUT2D eigenvalue weighted by molar-refractivity contribution is -0.136. The van der Waals surface area contributed by atoms with Crippen LogP contribution in [0.15, 0.2) is 52.3 Å². The molecule has 2 aliphatic heterocycles. The molecule has 11 heteroatoms. The number of carbonyl (C=O) groups is 3. The minimum absolute atomic E-state index is 0.152. The third-order valence-electron chi connectivity index (χ3n) is 6.71. The van der Waals surface area contributed by atoms with Crippen LogP contribution < -0.4 is 26.0 Å². The highest BCUT2D eigenvalue weighted by atomic mass is 32.2. The smallest absolute Gasteiger partial charge is 0.258 e. The molecule has 2 aromatic carbocycles. The molecule has 3 amide bonds. The van der Waals surface area contributed by atoms with Gasteiger partial charge in [0.25, 0.3) is 5.91 Å². The van der Waals surface area contributed by atoms with E-state index >= 15 is 0 Å². The summed E-state index contributed by atoms with van der Waals surface area (Å²) >= 11 is 1.66. The Labute approximate surface area is 239 Å². The number of rotatable bonds is 12. The molecule has 4 N–H and O–H groups in total. The van der Waals surface area contributed by atoms with E-state index in [2.05, 4.69) is 27.3 Å². The summed E-state index contributed by atoms with van der Waals surface area (Å²) in [5, 5.41) is 11.8. The average Bonchev–Trinajstić information content (AvgIpc) is 3.40. The van der Waals surface area contributed by atoms with Crippen LogP contribution in [0.25, 0.3) is 0 Å². The number of ether oxygens (including phenoxy) is 3. The van der Waals surface area contributed by atoms with E-state index in [1.165, 1.54) is 0 Å². The Morgan fingerprint density at radius 1 is 1.07 bits per heavy atom. The summed E-state index contributed by atoms with van der Waals surface area (Å²) in [6.07, 6.45) is 1.10. The Bertz CT molecular complexity index is 1210. The van der Waals surface area contributed by atoms with Gasteiger partial charge in [-0.3, -0.25) is 25.0 Å². The predicted octanol–water partition coefficient (Wildman–Crippen LogP) is 3.58. The van der Waals surface area contributed by atoms with Gasteiger partial charge < -0.3 is 24.8 Å². The van der Waals surface area contributed by atoms with Crippen LogP contribution in [0.2, 0.25) is 0 Å². The monoisotopic (exact) mass is 570 g/mol. The number of fused-ring (bicyclic) bond motifs is 2. The molecule has 4 rings (SSSR count). The first kappa shape index (κ1) is 29.9. The van der Waals surface area contributed by atoms with Crippen molar-refractivity contribution >= 4 is 40.9 Å². The van der Waals surface area contributed by atoms with Crippen molar-refractivity contribution in [2.45, 2.75) is 74.2 Å². The van der Waals surface area contributed by atoms with Crippen molar-refractivity contribution < 1.29 is 28.6 Å². The van der Waals surface area contributed by atoms with Gasteiger partial charge in [-0.15, -0.1) is 0 Å². The third kappa shape index (κ3) is 7.75. The van der Waals surface area contributed by atoms with E-state index in [0.29, 0.717) is 31.6 Å². The number of methoxy groups -OCH3 is 1. The first-order valence-electron chi connectivity index (χ1n) is 13.6. The number of nitrogens with one attached hydrogen (secondary N) is 4. The van der Waals surface area contributed by atoms with Crippen molar-refractivity contribution in [3.8, 4) is 5.75 Å². The summed E-state index contributed by atoms with van der Waals surface area (Å²) in [6, 6.07) is 12.0. The van der Waals surface area contributed by atoms with Crippen LogP contribution in [-0.2, 0) is 23.9 Å². The molecule has 0 aliphatic carbocycles. The molecule has 10 nitrogen and oxygen atoms in total. The second-order valence-electron chi connectivity index (χ2n) is 10.3. The molecular formula is C29H38N4O6S. The van der Waals surface area contributed by atoms with Crippen LogP contribution in [0, 0.1) is 5.92 Å². The largest absolute Gasteiger partial charge is 0.484 e. The second kappa shape index (κ2) is 14.0. The van der Waals surface area contributed by atoms with E-state index < -0.39 is 36.1 Å². The summed E-state index contributed by atoms with van der Waals surface area (Å²) < 4.78 is 16.6. The molecule has 0 spiro atoms. The Kier molecular flexibility index (Phi) is 10.4. The first-order valence-corrected chi connectivity index (χ1v) is 14.4. The third-order valence-corrected chi connectivity index (χ3v) is 7.87. The van der Waals surface area contributed by atoms with Gasteiger partial charge in [-0.25, -0.2) is 0 Å². The number of carbonyl (C=O) groups excluding carboxylic acids is 3. The number of amides is 3. The molecule has 0 radical (unpaired) electrons. The molecule has 216 valence electrons. The molecular weight excluding hydrogens is 532 g/mol. The summed E-state index contributed by atoms with van der Waals surface area (Å²) in [7, 11) is 1.56. The Hall–Kier alpha value is -3.12. The van der Waals surface area contributed by atoms with E-state index in [1.54, 1.807) is 25.8 Å². The quantitative estimate of drug-likeness (QED) is 0.258. The lowest BCUT2D eigenvalue weighted by atomic mass is 10.0. The summed E-state index contributed by atoms with van der Waals surface area (Å²) in [4.78, 5) is 40.8. The fourth-order valence-electron chi connectivity index (χ4n) is 4.68. The zero-order valence-electron chi connectivity index (χ0n) is 23.3. The van der Waals surface area contributed by atoms with Gasteiger partial charge in [0, 0.05) is 23.0 Å². The van der Waals surface area contributed by atoms with E-state index in [-0.39, 0.29) is 18.6 Å². The van der Waals surface area contributed by atoms with Crippen LogP contribution >= 0.6 is 11.8 Å². The molecule has 40 heavy (non-hydrogen) atoms. The molecule has 1 unspecified atom stereocenters. The molecule has 0 saturated carbocycles. The highest BCUT2D eigenvalue weighted by Gasteiger charge is 2.33. The Morgan fingerprint density at radius 3 is 2.58 bits per heavy atom. The zero-order chi connectivity index (χ0) is 28.6. The van der Waals surface area contributed by atoms with Gasteiger partial charge in [-0.2, -0.15) is 0 Å². The molecule has 1 fully saturated rings. The topological polar surface area (TPSA) is 127 Å². The maximum absolute atomic E-state index is 13.1. The van der Waals surface area contributed by atoms with Crippen molar-refractivity contribution in [3.05, 3.63) is 42.5 Å². The van der Waals surface area contributed by atoms with E-state index in [9.17, 15) is 14.4 Å². The molecule has 2 aromatic rings. The summed E-state index contributed by atoms with van der Waals surface area (Å²) in [5.41, 5.74) is 1.92. The minimum atomic E-state index is -0.876. The molecule has 2 heterocycles. The van der Waals surface area contributed by atoms with E-state index in [4.69, 9.17) is 14.2 Å². The van der Waals surface area contributed by atoms with Crippen molar-refractivity contribution in [2.24, 2.45) is 5.92 Å². The summed E-state index contributed by atoms with van der Waals surface area (Å²) in [6.45, 7) is 6.05. The van der Waals surface area contributed by atoms with Gasteiger partial charge in [0.05, 0.1) is 30.1 Å².